The maximum absolute atomic E-state index is 5.26. The van der Waals surface area contributed by atoms with Gasteiger partial charge in [0.1, 0.15) is 0 Å². The second kappa shape index (κ2) is 7.88. The number of rotatable bonds is 5. The lowest BCUT2D eigenvalue weighted by Gasteiger charge is -2.32. The van der Waals surface area contributed by atoms with Crippen molar-refractivity contribution >= 4 is 5.82 Å². The number of hydrogen-bond donors (Lipinski definition) is 1. The fourth-order valence-corrected chi connectivity index (χ4v) is 3.59. The van der Waals surface area contributed by atoms with Gasteiger partial charge in [0.15, 0.2) is 5.82 Å². The maximum atomic E-state index is 5.26. The molecule has 2 saturated heterocycles. The summed E-state index contributed by atoms with van der Waals surface area (Å²) in [6.07, 6.45) is 6.02. The van der Waals surface area contributed by atoms with Crippen molar-refractivity contribution in [1.82, 2.24) is 15.5 Å². The number of hydrogen-bond acceptors (Lipinski definition) is 5. The first-order valence-electron chi connectivity index (χ1n) is 8.62. The van der Waals surface area contributed by atoms with Crippen LogP contribution in [0, 0.1) is 11.8 Å². The van der Waals surface area contributed by atoms with E-state index in [1.54, 1.807) is 7.11 Å². The van der Waals surface area contributed by atoms with Crippen LogP contribution in [0.1, 0.15) is 31.4 Å². The van der Waals surface area contributed by atoms with Crippen molar-refractivity contribution in [2.24, 2.45) is 11.8 Å². The average Bonchev–Trinajstić information content (AvgIpc) is 2.58. The van der Waals surface area contributed by atoms with Gasteiger partial charge in [-0.15, -0.1) is 5.10 Å². The molecule has 2 aliphatic rings. The van der Waals surface area contributed by atoms with Crippen LogP contribution >= 0.6 is 0 Å². The largest absolute Gasteiger partial charge is 0.384 e. The summed E-state index contributed by atoms with van der Waals surface area (Å²) < 4.78 is 5.26. The number of methoxy groups -OCH3 is 1. The molecule has 22 heavy (non-hydrogen) atoms. The van der Waals surface area contributed by atoms with E-state index in [4.69, 9.17) is 4.74 Å². The standard InChI is InChI=1S/C17H28N4O/c1-22-13-14-6-9-21(10-7-14)17-5-4-16(19-20-17)11-15-3-2-8-18-12-15/h4-5,14-15,18H,2-3,6-13H2,1H3/t15-/m0/s1. The Morgan fingerprint density at radius 3 is 2.68 bits per heavy atom. The van der Waals surface area contributed by atoms with Crippen LogP contribution in [0.3, 0.4) is 0 Å². The van der Waals surface area contributed by atoms with Gasteiger partial charge in [0.05, 0.1) is 5.69 Å². The molecule has 0 radical (unpaired) electrons. The topological polar surface area (TPSA) is 50.3 Å². The minimum absolute atomic E-state index is 0.701. The van der Waals surface area contributed by atoms with E-state index in [1.807, 2.05) is 0 Å². The molecule has 5 nitrogen and oxygen atoms in total. The highest BCUT2D eigenvalue weighted by molar-refractivity contribution is 5.37. The van der Waals surface area contributed by atoms with Crippen molar-refractivity contribution in [3.63, 3.8) is 0 Å². The van der Waals surface area contributed by atoms with Gasteiger partial charge in [-0.05, 0) is 69.2 Å². The Labute approximate surface area is 133 Å². The second-order valence-corrected chi connectivity index (χ2v) is 6.69. The Balaban J connectivity index is 1.51. The Morgan fingerprint density at radius 1 is 1.18 bits per heavy atom. The lowest BCUT2D eigenvalue weighted by Crippen LogP contribution is -2.35. The van der Waals surface area contributed by atoms with Crippen LogP contribution in [0.5, 0.6) is 0 Å². The van der Waals surface area contributed by atoms with Gasteiger partial charge in [0, 0.05) is 26.8 Å². The average molecular weight is 304 g/mol. The SMILES string of the molecule is COCC1CCN(c2ccc(C[C@@H]3CCCNC3)nn2)CC1. The third-order valence-electron chi connectivity index (χ3n) is 4.94. The molecule has 1 aromatic rings. The van der Waals surface area contributed by atoms with Gasteiger partial charge in [-0.3, -0.25) is 0 Å². The summed E-state index contributed by atoms with van der Waals surface area (Å²) in [7, 11) is 1.79. The van der Waals surface area contributed by atoms with Crippen LogP contribution < -0.4 is 10.2 Å². The van der Waals surface area contributed by atoms with E-state index in [0.29, 0.717) is 5.92 Å². The van der Waals surface area contributed by atoms with Gasteiger partial charge >= 0.3 is 0 Å². The smallest absolute Gasteiger partial charge is 0.151 e. The monoisotopic (exact) mass is 304 g/mol. The van der Waals surface area contributed by atoms with E-state index in [0.717, 1.165) is 50.1 Å². The molecule has 0 aliphatic carbocycles. The Kier molecular flexibility index (Phi) is 5.62. The van der Waals surface area contributed by atoms with Gasteiger partial charge in [-0.1, -0.05) is 0 Å². The minimum Gasteiger partial charge on any atom is -0.384 e. The van der Waals surface area contributed by atoms with Crippen LogP contribution in [0.2, 0.25) is 0 Å². The Morgan fingerprint density at radius 2 is 2.05 bits per heavy atom. The molecule has 2 aliphatic heterocycles. The summed E-state index contributed by atoms with van der Waals surface area (Å²) in [6, 6.07) is 4.31. The molecule has 1 aromatic heterocycles. The van der Waals surface area contributed by atoms with E-state index in [2.05, 4.69) is 32.5 Å². The highest BCUT2D eigenvalue weighted by atomic mass is 16.5. The third kappa shape index (κ3) is 4.17. The molecule has 3 rings (SSSR count). The van der Waals surface area contributed by atoms with Crippen molar-refractivity contribution < 1.29 is 4.74 Å². The van der Waals surface area contributed by atoms with Crippen molar-refractivity contribution in [3.8, 4) is 0 Å². The molecule has 122 valence electrons. The number of nitrogens with one attached hydrogen (secondary N) is 1. The van der Waals surface area contributed by atoms with Gasteiger partial charge in [-0.2, -0.15) is 5.10 Å². The molecule has 1 N–H and O–H groups in total. The first-order valence-corrected chi connectivity index (χ1v) is 8.62. The predicted molar refractivity (Wildman–Crippen MR) is 88.1 cm³/mol. The fourth-order valence-electron chi connectivity index (χ4n) is 3.59. The van der Waals surface area contributed by atoms with Crippen molar-refractivity contribution in [3.05, 3.63) is 17.8 Å². The molecule has 5 heteroatoms. The predicted octanol–water partition coefficient (Wildman–Crippen LogP) is 1.88. The van der Waals surface area contributed by atoms with Crippen LogP contribution in [-0.2, 0) is 11.2 Å². The highest BCUT2D eigenvalue weighted by Gasteiger charge is 2.20. The lowest BCUT2D eigenvalue weighted by atomic mass is 9.94. The number of aromatic nitrogens is 2. The summed E-state index contributed by atoms with van der Waals surface area (Å²) in [5.41, 5.74) is 1.13. The molecule has 0 aromatic carbocycles. The van der Waals surface area contributed by atoms with Crippen LogP contribution in [0.15, 0.2) is 12.1 Å². The number of nitrogens with zero attached hydrogens (tertiary/aromatic N) is 3. The van der Waals surface area contributed by atoms with E-state index in [9.17, 15) is 0 Å². The molecule has 3 heterocycles. The van der Waals surface area contributed by atoms with Gasteiger partial charge < -0.3 is 15.0 Å². The summed E-state index contributed by atoms with van der Waals surface area (Å²) in [5.74, 6) is 2.45. The Bertz CT molecular complexity index is 436. The van der Waals surface area contributed by atoms with E-state index in [1.165, 1.54) is 32.2 Å². The first-order chi connectivity index (χ1) is 10.8. The fraction of sp³-hybridized carbons (Fsp3) is 0.765. The first kappa shape index (κ1) is 15.7. The molecular formula is C17H28N4O. The number of ether oxygens (including phenoxy) is 1. The van der Waals surface area contributed by atoms with E-state index < -0.39 is 0 Å². The molecule has 2 fully saturated rings. The lowest BCUT2D eigenvalue weighted by molar-refractivity contribution is 0.139. The molecule has 0 spiro atoms. The normalized spacial score (nSPS) is 23.7. The van der Waals surface area contributed by atoms with Gasteiger partial charge in [0.2, 0.25) is 0 Å². The van der Waals surface area contributed by atoms with Crippen LogP contribution in [-0.4, -0.2) is 50.1 Å². The van der Waals surface area contributed by atoms with Gasteiger partial charge in [-0.25, -0.2) is 0 Å². The maximum Gasteiger partial charge on any atom is 0.151 e. The molecule has 0 amide bonds. The molecule has 0 unspecified atom stereocenters. The molecule has 1 atom stereocenters. The molecule has 0 bridgehead atoms. The Hall–Kier alpha value is -1.20. The zero-order valence-corrected chi connectivity index (χ0v) is 13.6. The zero-order valence-electron chi connectivity index (χ0n) is 13.6. The number of piperidine rings is 2. The van der Waals surface area contributed by atoms with Crippen molar-refractivity contribution in [2.75, 3.05) is 44.8 Å². The van der Waals surface area contributed by atoms with Crippen LogP contribution in [0.4, 0.5) is 5.82 Å². The van der Waals surface area contributed by atoms with E-state index >= 15 is 0 Å². The van der Waals surface area contributed by atoms with E-state index in [-0.39, 0.29) is 0 Å². The second-order valence-electron chi connectivity index (χ2n) is 6.69. The summed E-state index contributed by atoms with van der Waals surface area (Å²) in [4.78, 5) is 2.35. The molecular weight excluding hydrogens is 276 g/mol. The minimum atomic E-state index is 0.701. The van der Waals surface area contributed by atoms with Gasteiger partial charge in [0.25, 0.3) is 0 Å². The quantitative estimate of drug-likeness (QED) is 0.900. The number of anilines is 1. The summed E-state index contributed by atoms with van der Waals surface area (Å²) in [5, 5.41) is 12.4. The summed E-state index contributed by atoms with van der Waals surface area (Å²) in [6.45, 7) is 5.30. The van der Waals surface area contributed by atoms with Crippen molar-refractivity contribution in [2.45, 2.75) is 32.1 Å². The van der Waals surface area contributed by atoms with Crippen molar-refractivity contribution in [1.29, 1.82) is 0 Å². The summed E-state index contributed by atoms with van der Waals surface area (Å²) >= 11 is 0. The third-order valence-corrected chi connectivity index (χ3v) is 4.94. The van der Waals surface area contributed by atoms with Crippen LogP contribution in [0.25, 0.3) is 0 Å². The molecule has 0 saturated carbocycles. The zero-order chi connectivity index (χ0) is 15.2. The highest BCUT2D eigenvalue weighted by Crippen LogP contribution is 2.22.